The molecule has 0 aromatic heterocycles. The molecule has 1 aromatic carbocycles. The molecule has 0 spiro atoms. The number of hydrogen-bond donors (Lipinski definition) is 0. The average molecular weight is 255 g/mol. The Morgan fingerprint density at radius 1 is 1.47 bits per heavy atom. The molecule has 0 saturated carbocycles. The molecule has 94 valence electrons. The molecule has 0 bridgehead atoms. The Morgan fingerprint density at radius 2 is 2.29 bits per heavy atom. The summed E-state index contributed by atoms with van der Waals surface area (Å²) in [4.78, 5) is 2.19. The van der Waals surface area contributed by atoms with E-state index >= 15 is 0 Å². The molecule has 5 heteroatoms. The van der Waals surface area contributed by atoms with Gasteiger partial charge in [0.15, 0.2) is 0 Å². The van der Waals surface area contributed by atoms with Gasteiger partial charge < -0.3 is 4.90 Å². The number of benzene rings is 1. The van der Waals surface area contributed by atoms with Gasteiger partial charge in [-0.05, 0) is 31.5 Å². The molecule has 0 radical (unpaired) electrons. The quantitative estimate of drug-likeness (QED) is 0.767. The molecule has 1 heterocycles. The fourth-order valence-corrected chi connectivity index (χ4v) is 2.46. The van der Waals surface area contributed by atoms with Crippen molar-refractivity contribution in [3.8, 4) is 0 Å². The van der Waals surface area contributed by atoms with Gasteiger partial charge in [0.2, 0.25) is 0 Å². The molecule has 0 aliphatic carbocycles. The van der Waals surface area contributed by atoms with Crippen LogP contribution in [0.25, 0.3) is 0 Å². The highest BCUT2D eigenvalue weighted by Crippen LogP contribution is 2.18. The lowest BCUT2D eigenvalue weighted by molar-refractivity contribution is 0.184. The standard InChI is InChI=1S/C12H17NO3S/c1-10-4-3-5-12(8-10)13-6-7-15-17(14)16-11(2)9-13/h3-5,8,11H,6-7,9H2,1-2H3. The molecule has 1 aromatic rings. The van der Waals surface area contributed by atoms with E-state index in [1.54, 1.807) is 0 Å². The first-order chi connectivity index (χ1) is 8.15. The fraction of sp³-hybridized carbons (Fsp3) is 0.500. The molecule has 1 aliphatic rings. The zero-order valence-electron chi connectivity index (χ0n) is 10.1. The minimum atomic E-state index is -1.60. The first kappa shape index (κ1) is 12.5. The minimum Gasteiger partial charge on any atom is -0.367 e. The number of hydrogen-bond acceptors (Lipinski definition) is 4. The van der Waals surface area contributed by atoms with Gasteiger partial charge in [-0.2, -0.15) is 4.21 Å². The fourth-order valence-electron chi connectivity index (χ4n) is 1.87. The van der Waals surface area contributed by atoms with Crippen molar-refractivity contribution >= 4 is 17.0 Å². The molecule has 1 saturated heterocycles. The van der Waals surface area contributed by atoms with Crippen molar-refractivity contribution in [3.63, 3.8) is 0 Å². The van der Waals surface area contributed by atoms with Gasteiger partial charge in [-0.15, -0.1) is 0 Å². The Kier molecular flexibility index (Phi) is 4.15. The highest BCUT2D eigenvalue weighted by molar-refractivity contribution is 7.75. The van der Waals surface area contributed by atoms with Crippen LogP contribution >= 0.6 is 0 Å². The lowest BCUT2D eigenvalue weighted by atomic mass is 10.2. The lowest BCUT2D eigenvalue weighted by Gasteiger charge is -2.29. The van der Waals surface area contributed by atoms with Crippen LogP contribution in [0.4, 0.5) is 5.69 Å². The molecule has 2 atom stereocenters. The third kappa shape index (κ3) is 3.52. The largest absolute Gasteiger partial charge is 0.367 e. The number of anilines is 1. The van der Waals surface area contributed by atoms with Crippen LogP contribution in [0.15, 0.2) is 24.3 Å². The van der Waals surface area contributed by atoms with Crippen molar-refractivity contribution in [2.24, 2.45) is 0 Å². The third-order valence-electron chi connectivity index (χ3n) is 2.63. The highest BCUT2D eigenvalue weighted by Gasteiger charge is 2.18. The van der Waals surface area contributed by atoms with Crippen molar-refractivity contribution in [1.82, 2.24) is 0 Å². The molecule has 0 N–H and O–H groups in total. The van der Waals surface area contributed by atoms with Crippen LogP contribution < -0.4 is 4.90 Å². The predicted octanol–water partition coefficient (Wildman–Crippen LogP) is 1.82. The van der Waals surface area contributed by atoms with Crippen molar-refractivity contribution in [2.45, 2.75) is 20.0 Å². The molecule has 2 unspecified atom stereocenters. The van der Waals surface area contributed by atoms with Crippen LogP contribution in [0.5, 0.6) is 0 Å². The van der Waals surface area contributed by atoms with Gasteiger partial charge in [-0.25, -0.2) is 0 Å². The Bertz CT molecular complexity index is 410. The van der Waals surface area contributed by atoms with Crippen LogP contribution in [-0.4, -0.2) is 30.0 Å². The van der Waals surface area contributed by atoms with Gasteiger partial charge in [0.25, 0.3) is 0 Å². The van der Waals surface area contributed by atoms with Crippen molar-refractivity contribution < 1.29 is 12.6 Å². The Hall–Kier alpha value is -0.910. The maximum absolute atomic E-state index is 11.2. The van der Waals surface area contributed by atoms with Gasteiger partial charge in [0.1, 0.15) is 0 Å². The average Bonchev–Trinajstić information content (AvgIpc) is 2.25. The van der Waals surface area contributed by atoms with Crippen LogP contribution in [0, 0.1) is 6.92 Å². The van der Waals surface area contributed by atoms with E-state index in [-0.39, 0.29) is 6.10 Å². The summed E-state index contributed by atoms with van der Waals surface area (Å²) in [5.41, 5.74) is 2.37. The second-order valence-corrected chi connectivity index (χ2v) is 5.05. The maximum Gasteiger partial charge on any atom is 0.304 e. The summed E-state index contributed by atoms with van der Waals surface area (Å²) in [6.45, 7) is 5.82. The van der Waals surface area contributed by atoms with Crippen molar-refractivity contribution in [1.29, 1.82) is 0 Å². The topological polar surface area (TPSA) is 38.8 Å². The lowest BCUT2D eigenvalue weighted by Crippen LogP contribution is -2.38. The summed E-state index contributed by atoms with van der Waals surface area (Å²) in [5, 5.41) is 0. The van der Waals surface area contributed by atoms with E-state index in [0.29, 0.717) is 6.61 Å². The smallest absolute Gasteiger partial charge is 0.304 e. The monoisotopic (exact) mass is 255 g/mol. The van der Waals surface area contributed by atoms with E-state index in [2.05, 4.69) is 30.0 Å². The van der Waals surface area contributed by atoms with E-state index in [1.807, 2.05) is 13.0 Å². The van der Waals surface area contributed by atoms with Crippen LogP contribution in [0.1, 0.15) is 12.5 Å². The van der Waals surface area contributed by atoms with E-state index in [4.69, 9.17) is 8.37 Å². The first-order valence-corrected chi connectivity index (χ1v) is 6.69. The first-order valence-electron chi connectivity index (χ1n) is 5.69. The summed E-state index contributed by atoms with van der Waals surface area (Å²) in [5.74, 6) is 0. The molecular formula is C12H17NO3S. The van der Waals surface area contributed by atoms with Crippen molar-refractivity contribution in [2.75, 3.05) is 24.6 Å². The van der Waals surface area contributed by atoms with Gasteiger partial charge >= 0.3 is 11.4 Å². The van der Waals surface area contributed by atoms with Crippen LogP contribution in [-0.2, 0) is 19.7 Å². The van der Waals surface area contributed by atoms with E-state index in [0.717, 1.165) is 18.8 Å². The van der Waals surface area contributed by atoms with Crippen LogP contribution in [0.3, 0.4) is 0 Å². The number of nitrogens with zero attached hydrogens (tertiary/aromatic N) is 1. The van der Waals surface area contributed by atoms with E-state index in [9.17, 15) is 4.21 Å². The van der Waals surface area contributed by atoms with Gasteiger partial charge in [-0.3, -0.25) is 8.37 Å². The Labute approximate surface area is 104 Å². The molecular weight excluding hydrogens is 238 g/mol. The molecule has 1 fully saturated rings. The van der Waals surface area contributed by atoms with E-state index in [1.165, 1.54) is 5.56 Å². The Morgan fingerprint density at radius 3 is 3.06 bits per heavy atom. The second-order valence-electron chi connectivity index (χ2n) is 4.22. The number of aryl methyl sites for hydroxylation is 1. The SMILES string of the molecule is Cc1cccc(N2CCOS(=O)OC(C)C2)c1. The third-order valence-corrected chi connectivity index (χ3v) is 3.47. The second kappa shape index (κ2) is 5.62. The zero-order valence-corrected chi connectivity index (χ0v) is 10.9. The summed E-state index contributed by atoms with van der Waals surface area (Å²) in [7, 11) is 0. The molecule has 2 rings (SSSR count). The minimum absolute atomic E-state index is 0.114. The molecule has 17 heavy (non-hydrogen) atoms. The summed E-state index contributed by atoms with van der Waals surface area (Å²) >= 11 is -1.60. The van der Waals surface area contributed by atoms with Gasteiger partial charge in [0, 0.05) is 18.8 Å². The predicted molar refractivity (Wildman–Crippen MR) is 68.0 cm³/mol. The van der Waals surface area contributed by atoms with E-state index < -0.39 is 11.4 Å². The zero-order chi connectivity index (χ0) is 12.3. The summed E-state index contributed by atoms with van der Waals surface area (Å²) in [6, 6.07) is 8.30. The molecule has 0 amide bonds. The van der Waals surface area contributed by atoms with Crippen LogP contribution in [0.2, 0.25) is 0 Å². The summed E-state index contributed by atoms with van der Waals surface area (Å²) in [6.07, 6.45) is -0.114. The Balaban J connectivity index is 2.12. The summed E-state index contributed by atoms with van der Waals surface area (Å²) < 4.78 is 21.4. The normalized spacial score (nSPS) is 26.4. The van der Waals surface area contributed by atoms with Gasteiger partial charge in [-0.1, -0.05) is 12.1 Å². The highest BCUT2D eigenvalue weighted by atomic mass is 32.2. The molecule has 4 nitrogen and oxygen atoms in total. The number of rotatable bonds is 1. The molecule has 1 aliphatic heterocycles. The maximum atomic E-state index is 11.2. The van der Waals surface area contributed by atoms with Crippen molar-refractivity contribution in [3.05, 3.63) is 29.8 Å². The van der Waals surface area contributed by atoms with Gasteiger partial charge in [0.05, 0.1) is 12.7 Å².